The van der Waals surface area contributed by atoms with Gasteiger partial charge in [-0.1, -0.05) is 44.5 Å². The van der Waals surface area contributed by atoms with Crippen LogP contribution in [0.4, 0.5) is 5.69 Å². The molecule has 0 saturated carbocycles. The number of anilines is 1. The lowest BCUT2D eigenvalue weighted by Crippen LogP contribution is -2.57. The number of thioether (sulfide) groups is 1. The maximum Gasteiger partial charge on any atom is 0.248 e. The van der Waals surface area contributed by atoms with Crippen molar-refractivity contribution in [3.05, 3.63) is 29.3 Å². The molecule has 0 radical (unpaired) electrons. The van der Waals surface area contributed by atoms with Gasteiger partial charge in [0.1, 0.15) is 6.04 Å². The Morgan fingerprint density at radius 2 is 2.00 bits per heavy atom. The molecule has 1 aromatic rings. The molecule has 2 bridgehead atoms. The van der Waals surface area contributed by atoms with E-state index in [1.54, 1.807) is 48.0 Å². The topological polar surface area (TPSA) is 98.7 Å². The number of halogens is 1. The van der Waals surface area contributed by atoms with E-state index in [-0.39, 0.29) is 41.4 Å². The summed E-state index contributed by atoms with van der Waals surface area (Å²) in [6.45, 7) is 5.88. The van der Waals surface area contributed by atoms with E-state index in [1.165, 1.54) is 0 Å². The SMILES string of the molecule is CNC(=O)[C@@H]1[C@@H]2CC(C)C3(S2)C(C(=O)Nc2ccccc2Cl)N([C@@H](CO)CC(C)C)C(=O)[C@H]13. The summed E-state index contributed by atoms with van der Waals surface area (Å²) in [5.74, 6) is -1.48. The molecule has 9 heteroatoms. The van der Waals surface area contributed by atoms with E-state index < -0.39 is 28.7 Å². The molecule has 33 heavy (non-hydrogen) atoms. The molecule has 4 rings (SSSR count). The van der Waals surface area contributed by atoms with Crippen molar-refractivity contribution in [1.82, 2.24) is 10.2 Å². The summed E-state index contributed by atoms with van der Waals surface area (Å²) in [6, 6.07) is 5.69. The molecule has 3 aliphatic heterocycles. The number of para-hydroxylation sites is 1. The molecule has 3 heterocycles. The Morgan fingerprint density at radius 3 is 2.61 bits per heavy atom. The number of aliphatic hydroxyl groups excluding tert-OH is 1. The van der Waals surface area contributed by atoms with Crippen LogP contribution in [-0.4, -0.2) is 63.5 Å². The number of fused-ring (bicyclic) bond motifs is 1. The number of carbonyl (C=O) groups is 3. The Labute approximate surface area is 204 Å². The first-order valence-electron chi connectivity index (χ1n) is 11.5. The van der Waals surface area contributed by atoms with Gasteiger partial charge in [0.15, 0.2) is 0 Å². The fourth-order valence-electron chi connectivity index (χ4n) is 6.20. The molecule has 1 spiro atoms. The normalized spacial score (nSPS) is 33.4. The standard InChI is InChI=1S/C24H32ClN3O4S/c1-12(2)9-14(11-29)28-20(22(31)27-16-8-6-5-7-15(16)25)24-13(3)10-17(33-24)18(21(30)26-4)19(24)23(28)32/h5-8,12-14,17-20,29H,9-11H2,1-4H3,(H,26,30)(H,27,31)/t13?,14-,17+,18-,19+,20?,24?/m1/s1. The highest BCUT2D eigenvalue weighted by atomic mass is 35.5. The summed E-state index contributed by atoms with van der Waals surface area (Å²) in [5, 5.41) is 16.3. The second-order valence-corrected chi connectivity index (χ2v) is 11.8. The smallest absolute Gasteiger partial charge is 0.248 e. The van der Waals surface area contributed by atoms with Crippen LogP contribution < -0.4 is 10.6 Å². The Hall–Kier alpha value is -1.77. The number of nitrogens with zero attached hydrogens (tertiary/aromatic N) is 1. The van der Waals surface area contributed by atoms with E-state index in [9.17, 15) is 19.5 Å². The average Bonchev–Trinajstić information content (AvgIpc) is 3.36. The van der Waals surface area contributed by atoms with Crippen LogP contribution in [0, 0.1) is 23.7 Å². The molecule has 0 aromatic heterocycles. The van der Waals surface area contributed by atoms with E-state index in [4.69, 9.17) is 11.6 Å². The van der Waals surface area contributed by atoms with Crippen molar-refractivity contribution < 1.29 is 19.5 Å². The summed E-state index contributed by atoms with van der Waals surface area (Å²) in [7, 11) is 1.59. The second-order valence-electron chi connectivity index (χ2n) is 9.85. The third kappa shape index (κ3) is 3.74. The number of rotatable bonds is 7. The largest absolute Gasteiger partial charge is 0.394 e. The minimum absolute atomic E-state index is 0.00987. The van der Waals surface area contributed by atoms with Crippen molar-refractivity contribution >= 4 is 46.8 Å². The first-order chi connectivity index (χ1) is 15.7. The fraction of sp³-hybridized carbons (Fsp3) is 0.625. The van der Waals surface area contributed by atoms with Crippen molar-refractivity contribution in [3.8, 4) is 0 Å². The van der Waals surface area contributed by atoms with Crippen LogP contribution in [0.1, 0.15) is 33.6 Å². The van der Waals surface area contributed by atoms with Crippen LogP contribution in [0.2, 0.25) is 5.02 Å². The molecule has 7 atom stereocenters. The fourth-order valence-corrected chi connectivity index (χ4v) is 8.79. The number of aliphatic hydroxyl groups is 1. The summed E-state index contributed by atoms with van der Waals surface area (Å²) in [5.41, 5.74) is 0.480. The molecule has 180 valence electrons. The van der Waals surface area contributed by atoms with Gasteiger partial charge >= 0.3 is 0 Å². The van der Waals surface area contributed by atoms with E-state index >= 15 is 0 Å². The lowest BCUT2D eigenvalue weighted by atomic mass is 9.66. The summed E-state index contributed by atoms with van der Waals surface area (Å²) in [4.78, 5) is 42.3. The van der Waals surface area contributed by atoms with Crippen molar-refractivity contribution in [3.63, 3.8) is 0 Å². The Bertz CT molecular complexity index is 959. The van der Waals surface area contributed by atoms with Gasteiger partial charge in [-0.3, -0.25) is 14.4 Å². The van der Waals surface area contributed by atoms with Gasteiger partial charge in [-0.15, -0.1) is 11.8 Å². The molecule has 3 aliphatic rings. The molecule has 0 aliphatic carbocycles. The van der Waals surface area contributed by atoms with Crippen molar-refractivity contribution in [2.75, 3.05) is 19.0 Å². The third-order valence-electron chi connectivity index (χ3n) is 7.46. The van der Waals surface area contributed by atoms with Gasteiger partial charge in [0.05, 0.1) is 39.9 Å². The lowest BCUT2D eigenvalue weighted by molar-refractivity contribution is -0.142. The molecular weight excluding hydrogens is 462 g/mol. The maximum atomic E-state index is 14.0. The van der Waals surface area contributed by atoms with E-state index in [2.05, 4.69) is 17.6 Å². The predicted octanol–water partition coefficient (Wildman–Crippen LogP) is 2.77. The number of nitrogens with one attached hydrogen (secondary N) is 2. The van der Waals surface area contributed by atoms with Crippen molar-refractivity contribution in [2.45, 2.75) is 55.7 Å². The second kappa shape index (κ2) is 9.12. The molecule has 3 unspecified atom stereocenters. The minimum Gasteiger partial charge on any atom is -0.394 e. The number of benzene rings is 1. The van der Waals surface area contributed by atoms with Crippen LogP contribution in [0.15, 0.2) is 24.3 Å². The number of likely N-dealkylation sites (tertiary alicyclic amines) is 1. The minimum atomic E-state index is -0.804. The van der Waals surface area contributed by atoms with Crippen LogP contribution in [0.25, 0.3) is 0 Å². The molecule has 1 aromatic carbocycles. The number of amides is 3. The highest BCUT2D eigenvalue weighted by Gasteiger charge is 2.76. The number of hydrogen-bond donors (Lipinski definition) is 3. The average molecular weight is 494 g/mol. The highest BCUT2D eigenvalue weighted by molar-refractivity contribution is 8.02. The summed E-state index contributed by atoms with van der Waals surface area (Å²) < 4.78 is -0.728. The molecule has 7 nitrogen and oxygen atoms in total. The molecule has 3 amide bonds. The van der Waals surface area contributed by atoms with Crippen molar-refractivity contribution in [1.29, 1.82) is 0 Å². The monoisotopic (exact) mass is 493 g/mol. The first-order valence-corrected chi connectivity index (χ1v) is 12.8. The van der Waals surface area contributed by atoms with Gasteiger partial charge in [0.25, 0.3) is 0 Å². The predicted molar refractivity (Wildman–Crippen MR) is 130 cm³/mol. The van der Waals surface area contributed by atoms with Gasteiger partial charge < -0.3 is 20.6 Å². The van der Waals surface area contributed by atoms with E-state index in [0.717, 1.165) is 6.42 Å². The van der Waals surface area contributed by atoms with Gasteiger partial charge in [0, 0.05) is 12.3 Å². The van der Waals surface area contributed by atoms with E-state index in [0.29, 0.717) is 17.1 Å². The zero-order chi connectivity index (χ0) is 24.1. The Balaban J connectivity index is 1.80. The van der Waals surface area contributed by atoms with Crippen LogP contribution >= 0.6 is 23.4 Å². The maximum absolute atomic E-state index is 14.0. The third-order valence-corrected chi connectivity index (χ3v) is 9.87. The van der Waals surface area contributed by atoms with Crippen LogP contribution in [0.3, 0.4) is 0 Å². The number of hydrogen-bond acceptors (Lipinski definition) is 5. The van der Waals surface area contributed by atoms with Gasteiger partial charge in [-0.25, -0.2) is 0 Å². The Kier molecular flexibility index (Phi) is 6.73. The lowest BCUT2D eigenvalue weighted by Gasteiger charge is -2.40. The highest BCUT2D eigenvalue weighted by Crippen LogP contribution is 2.68. The summed E-state index contributed by atoms with van der Waals surface area (Å²) in [6.07, 6.45) is 1.33. The van der Waals surface area contributed by atoms with Gasteiger partial charge in [-0.2, -0.15) is 0 Å². The number of carbonyl (C=O) groups excluding carboxylic acids is 3. The quantitative estimate of drug-likeness (QED) is 0.542. The van der Waals surface area contributed by atoms with Crippen LogP contribution in [0.5, 0.6) is 0 Å². The van der Waals surface area contributed by atoms with Gasteiger partial charge in [-0.05, 0) is 36.8 Å². The molecule has 3 N–H and O–H groups in total. The summed E-state index contributed by atoms with van der Waals surface area (Å²) >= 11 is 7.92. The molecular formula is C24H32ClN3O4S. The zero-order valence-electron chi connectivity index (χ0n) is 19.4. The molecule has 3 saturated heterocycles. The van der Waals surface area contributed by atoms with Crippen LogP contribution in [-0.2, 0) is 14.4 Å². The van der Waals surface area contributed by atoms with Gasteiger partial charge in [0.2, 0.25) is 17.7 Å². The van der Waals surface area contributed by atoms with E-state index in [1.807, 2.05) is 13.8 Å². The Morgan fingerprint density at radius 1 is 1.30 bits per heavy atom. The molecule has 3 fully saturated rings. The first kappa shape index (κ1) is 24.4. The van der Waals surface area contributed by atoms with Crippen molar-refractivity contribution in [2.24, 2.45) is 23.7 Å². The zero-order valence-corrected chi connectivity index (χ0v) is 20.9.